The van der Waals surface area contributed by atoms with Crippen molar-refractivity contribution in [2.45, 2.75) is 38.8 Å². The zero-order chi connectivity index (χ0) is 12.7. The van der Waals surface area contributed by atoms with Crippen LogP contribution in [0.15, 0.2) is 29.0 Å². The first kappa shape index (κ1) is 12.2. The first-order valence-electron chi connectivity index (χ1n) is 6.55. The summed E-state index contributed by atoms with van der Waals surface area (Å²) in [5.41, 5.74) is 2.24. The van der Waals surface area contributed by atoms with Gasteiger partial charge in [-0.15, -0.1) is 0 Å². The molecule has 0 amide bonds. The maximum Gasteiger partial charge on any atom is 0.137 e. The molecular weight excluding hydrogens is 290 g/mol. The highest BCUT2D eigenvalue weighted by Gasteiger charge is 2.29. The van der Waals surface area contributed by atoms with Crippen LogP contribution in [-0.4, -0.2) is 26.9 Å². The molecule has 0 radical (unpaired) electrons. The van der Waals surface area contributed by atoms with Crippen molar-refractivity contribution in [1.29, 1.82) is 0 Å². The number of nitrogens with zero attached hydrogens (tertiary/aromatic N) is 3. The Balaban J connectivity index is 1.98. The summed E-state index contributed by atoms with van der Waals surface area (Å²) >= 11 is 3.50. The molecule has 1 aliphatic heterocycles. The van der Waals surface area contributed by atoms with Gasteiger partial charge in [0.25, 0.3) is 0 Å². The van der Waals surface area contributed by atoms with E-state index in [1.165, 1.54) is 25.1 Å². The fourth-order valence-electron chi connectivity index (χ4n) is 2.87. The van der Waals surface area contributed by atoms with Crippen molar-refractivity contribution in [3.8, 4) is 0 Å². The second kappa shape index (κ2) is 4.67. The van der Waals surface area contributed by atoms with E-state index in [9.17, 15) is 0 Å². The molecule has 0 aliphatic carbocycles. The molecule has 0 N–H and O–H groups in total. The molecule has 0 spiro atoms. The van der Waals surface area contributed by atoms with Gasteiger partial charge in [0.1, 0.15) is 5.65 Å². The highest BCUT2D eigenvalue weighted by Crippen LogP contribution is 2.33. The zero-order valence-electron chi connectivity index (χ0n) is 10.8. The van der Waals surface area contributed by atoms with E-state index >= 15 is 0 Å². The van der Waals surface area contributed by atoms with Gasteiger partial charge in [-0.2, -0.15) is 0 Å². The number of hydrogen-bond donors (Lipinski definition) is 0. The van der Waals surface area contributed by atoms with Crippen molar-refractivity contribution in [2.24, 2.45) is 0 Å². The maximum atomic E-state index is 4.77. The minimum atomic E-state index is 0.490. The van der Waals surface area contributed by atoms with E-state index in [-0.39, 0.29) is 0 Å². The molecule has 2 aromatic heterocycles. The molecule has 3 heterocycles. The predicted octanol–water partition coefficient (Wildman–Crippen LogP) is 3.64. The lowest BCUT2D eigenvalue weighted by Gasteiger charge is -2.26. The van der Waals surface area contributed by atoms with Gasteiger partial charge in [0.05, 0.1) is 11.7 Å². The molecule has 96 valence electrons. The lowest BCUT2D eigenvalue weighted by molar-refractivity contribution is 0.202. The van der Waals surface area contributed by atoms with Crippen LogP contribution in [0.3, 0.4) is 0 Å². The highest BCUT2D eigenvalue weighted by atomic mass is 79.9. The molecule has 18 heavy (non-hydrogen) atoms. The minimum Gasteiger partial charge on any atom is -0.306 e. The monoisotopic (exact) mass is 307 g/mol. The van der Waals surface area contributed by atoms with E-state index in [0.717, 1.165) is 10.1 Å². The van der Waals surface area contributed by atoms with Crippen LogP contribution in [0.1, 0.15) is 38.4 Å². The number of aromatic nitrogens is 2. The molecule has 1 unspecified atom stereocenters. The average molecular weight is 308 g/mol. The molecule has 2 aromatic rings. The average Bonchev–Trinajstić information content (AvgIpc) is 2.93. The Kier molecular flexibility index (Phi) is 3.16. The summed E-state index contributed by atoms with van der Waals surface area (Å²) in [5.74, 6) is 0. The normalized spacial score (nSPS) is 21.2. The SMILES string of the molecule is CC(C)N1CCCC1c1cn2cc(Br)ccc2n1. The molecule has 0 aromatic carbocycles. The van der Waals surface area contributed by atoms with Crippen LogP contribution in [0.4, 0.5) is 0 Å². The first-order chi connectivity index (χ1) is 8.65. The van der Waals surface area contributed by atoms with Crippen LogP contribution < -0.4 is 0 Å². The fourth-order valence-corrected chi connectivity index (χ4v) is 3.22. The van der Waals surface area contributed by atoms with Gasteiger partial charge >= 0.3 is 0 Å². The predicted molar refractivity (Wildman–Crippen MR) is 76.7 cm³/mol. The number of halogens is 1. The summed E-state index contributed by atoms with van der Waals surface area (Å²) in [5, 5.41) is 0. The Morgan fingerprint density at radius 2 is 2.17 bits per heavy atom. The summed E-state index contributed by atoms with van der Waals surface area (Å²) in [6, 6.07) is 5.18. The van der Waals surface area contributed by atoms with Gasteiger partial charge < -0.3 is 4.40 Å². The van der Waals surface area contributed by atoms with Gasteiger partial charge in [-0.1, -0.05) is 0 Å². The molecule has 1 saturated heterocycles. The van der Waals surface area contributed by atoms with Crippen molar-refractivity contribution in [1.82, 2.24) is 14.3 Å². The van der Waals surface area contributed by atoms with Crippen molar-refractivity contribution in [3.05, 3.63) is 34.7 Å². The van der Waals surface area contributed by atoms with Crippen molar-refractivity contribution in [3.63, 3.8) is 0 Å². The third-order valence-electron chi connectivity index (χ3n) is 3.73. The topological polar surface area (TPSA) is 20.5 Å². The molecule has 1 fully saturated rings. The Bertz CT molecular complexity index is 561. The molecule has 0 saturated carbocycles. The second-order valence-electron chi connectivity index (χ2n) is 5.27. The number of fused-ring (bicyclic) bond motifs is 1. The van der Waals surface area contributed by atoms with Gasteiger partial charge in [-0.3, -0.25) is 4.90 Å². The summed E-state index contributed by atoms with van der Waals surface area (Å²) in [7, 11) is 0. The van der Waals surface area contributed by atoms with Crippen LogP contribution in [0, 0.1) is 0 Å². The lowest BCUT2D eigenvalue weighted by atomic mass is 10.1. The number of pyridine rings is 1. The van der Waals surface area contributed by atoms with E-state index in [0.29, 0.717) is 12.1 Å². The van der Waals surface area contributed by atoms with Gasteiger partial charge in [-0.25, -0.2) is 4.98 Å². The standard InChI is InChI=1S/C14H18BrN3/c1-10(2)18-7-3-4-13(18)12-9-17-8-11(15)5-6-14(17)16-12/h5-6,8-10,13H,3-4,7H2,1-2H3. The third-order valence-corrected chi connectivity index (χ3v) is 4.20. The Labute approximate surface area is 116 Å². The largest absolute Gasteiger partial charge is 0.306 e. The Morgan fingerprint density at radius 1 is 1.33 bits per heavy atom. The summed E-state index contributed by atoms with van der Waals surface area (Å²) in [4.78, 5) is 7.32. The van der Waals surface area contributed by atoms with Gasteiger partial charge in [0.2, 0.25) is 0 Å². The zero-order valence-corrected chi connectivity index (χ0v) is 12.4. The number of imidazole rings is 1. The molecule has 3 rings (SSSR count). The van der Waals surface area contributed by atoms with Crippen molar-refractivity contribution >= 4 is 21.6 Å². The Morgan fingerprint density at radius 3 is 2.94 bits per heavy atom. The van der Waals surface area contributed by atoms with Crippen LogP contribution in [0.5, 0.6) is 0 Å². The summed E-state index contributed by atoms with van der Waals surface area (Å²) in [6.07, 6.45) is 6.75. The van der Waals surface area contributed by atoms with E-state index < -0.39 is 0 Å². The number of rotatable bonds is 2. The lowest BCUT2D eigenvalue weighted by Crippen LogP contribution is -2.30. The molecule has 3 nitrogen and oxygen atoms in total. The van der Waals surface area contributed by atoms with Gasteiger partial charge in [0.15, 0.2) is 0 Å². The molecule has 4 heteroatoms. The molecule has 0 bridgehead atoms. The van der Waals surface area contributed by atoms with Crippen LogP contribution in [-0.2, 0) is 0 Å². The fraction of sp³-hybridized carbons (Fsp3) is 0.500. The van der Waals surface area contributed by atoms with Crippen molar-refractivity contribution in [2.75, 3.05) is 6.54 Å². The molecular formula is C14H18BrN3. The number of likely N-dealkylation sites (tertiary alicyclic amines) is 1. The number of hydrogen-bond acceptors (Lipinski definition) is 2. The summed E-state index contributed by atoms with van der Waals surface area (Å²) in [6.45, 7) is 5.73. The van der Waals surface area contributed by atoms with E-state index in [2.05, 4.69) is 57.5 Å². The van der Waals surface area contributed by atoms with Crippen LogP contribution in [0.25, 0.3) is 5.65 Å². The van der Waals surface area contributed by atoms with E-state index in [1.807, 2.05) is 6.07 Å². The van der Waals surface area contributed by atoms with E-state index in [1.54, 1.807) is 0 Å². The molecule has 1 aliphatic rings. The minimum absolute atomic E-state index is 0.490. The van der Waals surface area contributed by atoms with Gasteiger partial charge in [0, 0.05) is 22.9 Å². The van der Waals surface area contributed by atoms with E-state index in [4.69, 9.17) is 4.98 Å². The maximum absolute atomic E-state index is 4.77. The van der Waals surface area contributed by atoms with Crippen molar-refractivity contribution < 1.29 is 0 Å². The smallest absolute Gasteiger partial charge is 0.137 e. The summed E-state index contributed by atoms with van der Waals surface area (Å²) < 4.78 is 3.20. The van der Waals surface area contributed by atoms with Gasteiger partial charge in [-0.05, 0) is 61.3 Å². The second-order valence-corrected chi connectivity index (χ2v) is 6.18. The molecule has 1 atom stereocenters. The quantitative estimate of drug-likeness (QED) is 0.844. The van der Waals surface area contributed by atoms with Crippen LogP contribution >= 0.6 is 15.9 Å². The first-order valence-corrected chi connectivity index (χ1v) is 7.34. The van der Waals surface area contributed by atoms with Crippen LogP contribution in [0.2, 0.25) is 0 Å². The third kappa shape index (κ3) is 2.08. The highest BCUT2D eigenvalue weighted by molar-refractivity contribution is 9.10. The Hall–Kier alpha value is -0.870.